The van der Waals surface area contributed by atoms with Crippen LogP contribution in [-0.4, -0.2) is 52.5 Å². The van der Waals surface area contributed by atoms with Crippen molar-refractivity contribution in [3.8, 4) is 0 Å². The van der Waals surface area contributed by atoms with Gasteiger partial charge in [0.25, 0.3) is 5.91 Å². The fourth-order valence-corrected chi connectivity index (χ4v) is 3.68. The predicted molar refractivity (Wildman–Crippen MR) is 97.6 cm³/mol. The van der Waals surface area contributed by atoms with Crippen molar-refractivity contribution in [1.82, 2.24) is 9.62 Å². The molecule has 0 saturated carbocycles. The number of rotatable bonds is 9. The first kappa shape index (κ1) is 21.1. The van der Waals surface area contributed by atoms with E-state index in [0.29, 0.717) is 42.1 Å². The van der Waals surface area contributed by atoms with Crippen molar-refractivity contribution in [2.24, 2.45) is 5.92 Å². The number of amides is 1. The van der Waals surface area contributed by atoms with Crippen molar-refractivity contribution in [2.45, 2.75) is 25.2 Å². The molecule has 0 fully saturated rings. The summed E-state index contributed by atoms with van der Waals surface area (Å²) in [5, 5.41) is 2.77. The van der Waals surface area contributed by atoms with E-state index in [-0.39, 0.29) is 10.8 Å². The first-order valence-electron chi connectivity index (χ1n) is 7.74. The second-order valence-corrected chi connectivity index (χ2v) is 8.99. The van der Waals surface area contributed by atoms with Gasteiger partial charge >= 0.3 is 0 Å². The summed E-state index contributed by atoms with van der Waals surface area (Å²) in [5.41, 5.74) is 0.307. The van der Waals surface area contributed by atoms with Gasteiger partial charge in [0.15, 0.2) is 0 Å². The van der Waals surface area contributed by atoms with Gasteiger partial charge in [0, 0.05) is 43.9 Å². The van der Waals surface area contributed by atoms with Crippen LogP contribution in [0, 0.1) is 5.92 Å². The SMILES string of the molecule is CC(C)COCCCNC(=O)c1ccc(Br)c(S(=O)(=O)N(C)C)c1. The third kappa shape index (κ3) is 6.16. The summed E-state index contributed by atoms with van der Waals surface area (Å²) < 4.78 is 31.5. The minimum absolute atomic E-state index is 0.0698. The Morgan fingerprint density at radius 1 is 1.33 bits per heavy atom. The van der Waals surface area contributed by atoms with Gasteiger partial charge in [-0.3, -0.25) is 4.79 Å². The predicted octanol–water partition coefficient (Wildman–Crippen LogP) is 2.49. The first-order valence-corrected chi connectivity index (χ1v) is 9.97. The number of carbonyl (C=O) groups excluding carboxylic acids is 1. The maximum Gasteiger partial charge on any atom is 0.251 e. The Labute approximate surface area is 152 Å². The molecule has 136 valence electrons. The van der Waals surface area contributed by atoms with Crippen LogP contribution in [0.2, 0.25) is 0 Å². The number of benzene rings is 1. The second-order valence-electron chi connectivity index (χ2n) is 6.01. The number of halogens is 1. The average Bonchev–Trinajstić information content (AvgIpc) is 2.50. The minimum atomic E-state index is -3.62. The molecule has 1 aromatic carbocycles. The third-order valence-electron chi connectivity index (χ3n) is 3.15. The largest absolute Gasteiger partial charge is 0.381 e. The van der Waals surface area contributed by atoms with Crippen LogP contribution in [0.4, 0.5) is 0 Å². The molecule has 1 N–H and O–H groups in total. The number of sulfonamides is 1. The molecule has 0 aliphatic rings. The first-order chi connectivity index (χ1) is 11.2. The maximum absolute atomic E-state index is 12.3. The Hall–Kier alpha value is -0.960. The van der Waals surface area contributed by atoms with E-state index < -0.39 is 10.0 Å². The van der Waals surface area contributed by atoms with Gasteiger partial charge in [-0.2, -0.15) is 0 Å². The molecule has 8 heteroatoms. The lowest BCUT2D eigenvalue weighted by Crippen LogP contribution is -2.26. The van der Waals surface area contributed by atoms with Gasteiger partial charge in [0.05, 0.1) is 4.90 Å². The Bertz CT molecular complexity index is 660. The van der Waals surface area contributed by atoms with Gasteiger partial charge in [-0.1, -0.05) is 13.8 Å². The van der Waals surface area contributed by atoms with Crippen LogP contribution in [0.5, 0.6) is 0 Å². The molecule has 24 heavy (non-hydrogen) atoms. The van der Waals surface area contributed by atoms with E-state index in [1.807, 2.05) is 0 Å². The van der Waals surface area contributed by atoms with Gasteiger partial charge in [0.2, 0.25) is 10.0 Å². The Kier molecular flexibility index (Phi) is 8.35. The molecule has 6 nitrogen and oxygen atoms in total. The molecule has 0 saturated heterocycles. The summed E-state index contributed by atoms with van der Waals surface area (Å²) in [6, 6.07) is 4.53. The fraction of sp³-hybridized carbons (Fsp3) is 0.562. The van der Waals surface area contributed by atoms with Crippen molar-refractivity contribution < 1.29 is 17.9 Å². The molecule has 0 unspecified atom stereocenters. The second kappa shape index (κ2) is 9.50. The minimum Gasteiger partial charge on any atom is -0.381 e. The molecule has 0 bridgehead atoms. The summed E-state index contributed by atoms with van der Waals surface area (Å²) in [6.45, 7) is 5.91. The lowest BCUT2D eigenvalue weighted by atomic mass is 10.2. The van der Waals surface area contributed by atoms with Gasteiger partial charge in [-0.25, -0.2) is 12.7 Å². The fourth-order valence-electron chi connectivity index (χ4n) is 1.84. The summed E-state index contributed by atoms with van der Waals surface area (Å²) >= 11 is 3.22. The number of carbonyl (C=O) groups is 1. The molecular weight excluding hydrogens is 396 g/mol. The lowest BCUT2D eigenvalue weighted by molar-refractivity contribution is 0.0924. The molecule has 1 aromatic rings. The van der Waals surface area contributed by atoms with Crippen molar-refractivity contribution in [2.75, 3.05) is 33.9 Å². The highest BCUT2D eigenvalue weighted by Gasteiger charge is 2.22. The monoisotopic (exact) mass is 420 g/mol. The standard InChI is InChI=1S/C16H25BrN2O4S/c1-12(2)11-23-9-5-8-18-16(20)13-6-7-14(17)15(10-13)24(21,22)19(3)4/h6-7,10,12H,5,8-9,11H2,1-4H3,(H,18,20). The molecule has 0 radical (unpaired) electrons. The Morgan fingerprint density at radius 2 is 2.00 bits per heavy atom. The topological polar surface area (TPSA) is 75.7 Å². The van der Waals surface area contributed by atoms with Gasteiger partial charge < -0.3 is 10.1 Å². The summed E-state index contributed by atoms with van der Waals surface area (Å²) in [5.74, 6) is 0.181. The molecule has 0 aliphatic carbocycles. The quantitative estimate of drug-likeness (QED) is 0.622. The van der Waals surface area contributed by atoms with Crippen molar-refractivity contribution >= 4 is 31.9 Å². The van der Waals surface area contributed by atoms with Crippen LogP contribution in [0.1, 0.15) is 30.6 Å². The molecule has 0 aliphatic heterocycles. The highest BCUT2D eigenvalue weighted by molar-refractivity contribution is 9.10. The Morgan fingerprint density at radius 3 is 2.58 bits per heavy atom. The summed E-state index contributed by atoms with van der Waals surface area (Å²) in [6.07, 6.45) is 0.706. The van der Waals surface area contributed by atoms with E-state index >= 15 is 0 Å². The third-order valence-corrected chi connectivity index (χ3v) is 5.96. The van der Waals surface area contributed by atoms with E-state index in [1.54, 1.807) is 12.1 Å². The van der Waals surface area contributed by atoms with Gasteiger partial charge in [-0.05, 0) is 46.5 Å². The average molecular weight is 421 g/mol. The van der Waals surface area contributed by atoms with Crippen LogP contribution in [0.25, 0.3) is 0 Å². The van der Waals surface area contributed by atoms with Crippen LogP contribution in [0.3, 0.4) is 0 Å². The smallest absolute Gasteiger partial charge is 0.251 e. The highest BCUT2D eigenvalue weighted by Crippen LogP contribution is 2.25. The van der Waals surface area contributed by atoms with Crippen molar-refractivity contribution in [3.63, 3.8) is 0 Å². The molecule has 0 aromatic heterocycles. The zero-order valence-electron chi connectivity index (χ0n) is 14.5. The van der Waals surface area contributed by atoms with E-state index in [2.05, 4.69) is 35.1 Å². The van der Waals surface area contributed by atoms with Crippen molar-refractivity contribution in [1.29, 1.82) is 0 Å². The molecule has 1 rings (SSSR count). The number of ether oxygens (including phenoxy) is 1. The van der Waals surface area contributed by atoms with Crippen LogP contribution < -0.4 is 5.32 Å². The van der Waals surface area contributed by atoms with Gasteiger partial charge in [-0.15, -0.1) is 0 Å². The van der Waals surface area contributed by atoms with E-state index in [0.717, 1.165) is 4.31 Å². The summed E-state index contributed by atoms with van der Waals surface area (Å²) in [7, 11) is -0.718. The zero-order valence-corrected chi connectivity index (χ0v) is 16.9. The number of nitrogens with zero attached hydrogens (tertiary/aromatic N) is 1. The Balaban J connectivity index is 2.66. The normalized spacial score (nSPS) is 12.0. The molecule has 0 spiro atoms. The maximum atomic E-state index is 12.3. The van der Waals surface area contributed by atoms with Crippen LogP contribution >= 0.6 is 15.9 Å². The molecule has 1 amide bonds. The van der Waals surface area contributed by atoms with Crippen LogP contribution in [-0.2, 0) is 14.8 Å². The number of nitrogens with one attached hydrogen (secondary N) is 1. The zero-order chi connectivity index (χ0) is 18.3. The van der Waals surface area contributed by atoms with E-state index in [4.69, 9.17) is 4.74 Å². The number of hydrogen-bond acceptors (Lipinski definition) is 4. The van der Waals surface area contributed by atoms with Gasteiger partial charge in [0.1, 0.15) is 0 Å². The molecular formula is C16H25BrN2O4S. The summed E-state index contributed by atoms with van der Waals surface area (Å²) in [4.78, 5) is 12.2. The molecule has 0 heterocycles. The lowest BCUT2D eigenvalue weighted by Gasteiger charge is -2.14. The van der Waals surface area contributed by atoms with E-state index in [1.165, 1.54) is 20.2 Å². The molecule has 0 atom stereocenters. The van der Waals surface area contributed by atoms with E-state index in [9.17, 15) is 13.2 Å². The number of hydrogen-bond donors (Lipinski definition) is 1. The van der Waals surface area contributed by atoms with Crippen LogP contribution in [0.15, 0.2) is 27.6 Å². The highest BCUT2D eigenvalue weighted by atomic mass is 79.9. The van der Waals surface area contributed by atoms with Crippen molar-refractivity contribution in [3.05, 3.63) is 28.2 Å².